The van der Waals surface area contributed by atoms with Gasteiger partial charge in [0, 0.05) is 54.6 Å². The molecular weight excluding hydrogens is 719 g/mol. The van der Waals surface area contributed by atoms with E-state index >= 15 is 0 Å². The van der Waals surface area contributed by atoms with Crippen molar-refractivity contribution in [1.82, 2.24) is 23.7 Å². The normalized spacial score (nSPS) is 12.1. The topological polar surface area (TPSA) is 40.6 Å². The van der Waals surface area contributed by atoms with E-state index in [1.54, 1.807) is 0 Å². The smallest absolute Gasteiger partial charge is 0.235 e. The van der Waals surface area contributed by atoms with Gasteiger partial charge in [-0.25, -0.2) is 9.97 Å². The van der Waals surface area contributed by atoms with Crippen LogP contribution in [0.3, 0.4) is 0 Å². The van der Waals surface area contributed by atoms with E-state index in [-0.39, 0.29) is 0 Å². The average molecular weight is 752 g/mol. The van der Waals surface area contributed by atoms with E-state index < -0.39 is 0 Å². The van der Waals surface area contributed by atoms with Gasteiger partial charge in [-0.3, -0.25) is 4.57 Å². The number of aromatic nitrogens is 5. The predicted octanol–water partition coefficient (Wildman–Crippen LogP) is 13.7. The second-order valence-electron chi connectivity index (χ2n) is 15.4. The van der Waals surface area contributed by atoms with Gasteiger partial charge in [-0.1, -0.05) is 133 Å². The maximum absolute atomic E-state index is 5.58. The third kappa shape index (κ3) is 4.61. The minimum Gasteiger partial charge on any atom is -0.309 e. The van der Waals surface area contributed by atoms with E-state index in [1.165, 1.54) is 54.3 Å². The van der Waals surface area contributed by atoms with Crippen molar-refractivity contribution in [2.75, 3.05) is 0 Å². The quantitative estimate of drug-likeness (QED) is 0.180. The molecule has 0 bridgehead atoms. The summed E-state index contributed by atoms with van der Waals surface area (Å²) < 4.78 is 7.03. The Morgan fingerprint density at radius 3 is 1.63 bits per heavy atom. The summed E-state index contributed by atoms with van der Waals surface area (Å²) in [5, 5.41) is 10.6. The molecule has 0 aliphatic rings. The first-order chi connectivity index (χ1) is 29.3. The molecule has 5 heteroatoms. The van der Waals surface area contributed by atoms with E-state index in [0.717, 1.165) is 55.5 Å². The fraction of sp³-hybridized carbons (Fsp3) is 0. The van der Waals surface area contributed by atoms with E-state index in [2.05, 4.69) is 214 Å². The molecule has 0 spiro atoms. The molecule has 0 fully saturated rings. The summed E-state index contributed by atoms with van der Waals surface area (Å²) in [6, 6.07) is 71.9. The Morgan fingerprint density at radius 1 is 0.305 bits per heavy atom. The lowest BCUT2D eigenvalue weighted by Gasteiger charge is -2.13. The molecule has 0 atom stereocenters. The Hall–Kier alpha value is -8.02. The van der Waals surface area contributed by atoms with Crippen molar-refractivity contribution >= 4 is 87.1 Å². The van der Waals surface area contributed by atoms with Crippen molar-refractivity contribution in [2.24, 2.45) is 0 Å². The number of para-hydroxylation sites is 5. The molecule has 0 saturated carbocycles. The van der Waals surface area contributed by atoms with Gasteiger partial charge >= 0.3 is 0 Å². The lowest BCUT2D eigenvalue weighted by atomic mass is 10.0. The highest BCUT2D eigenvalue weighted by molar-refractivity contribution is 6.22. The Morgan fingerprint density at radius 2 is 0.881 bits per heavy atom. The van der Waals surface area contributed by atoms with Gasteiger partial charge in [0.15, 0.2) is 0 Å². The molecule has 0 radical (unpaired) electrons. The fourth-order valence-electron chi connectivity index (χ4n) is 9.69. The van der Waals surface area contributed by atoms with E-state index in [4.69, 9.17) is 9.97 Å². The number of nitrogens with zero attached hydrogens (tertiary/aromatic N) is 5. The number of benzene rings is 9. The largest absolute Gasteiger partial charge is 0.309 e. The summed E-state index contributed by atoms with van der Waals surface area (Å²) in [6.45, 7) is 0. The summed E-state index contributed by atoms with van der Waals surface area (Å²) in [4.78, 5) is 10.9. The van der Waals surface area contributed by atoms with Crippen molar-refractivity contribution in [3.8, 4) is 28.6 Å². The lowest BCUT2D eigenvalue weighted by Crippen LogP contribution is -2.04. The van der Waals surface area contributed by atoms with Gasteiger partial charge in [-0.05, 0) is 77.5 Å². The summed E-state index contributed by atoms with van der Waals surface area (Å²) in [6.07, 6.45) is 0. The molecule has 4 aromatic heterocycles. The zero-order valence-corrected chi connectivity index (χ0v) is 31.8. The maximum Gasteiger partial charge on any atom is 0.235 e. The Bertz CT molecular complexity index is 3800. The number of fused-ring (bicyclic) bond motifs is 12. The van der Waals surface area contributed by atoms with Gasteiger partial charge in [0.2, 0.25) is 5.95 Å². The van der Waals surface area contributed by atoms with Gasteiger partial charge < -0.3 is 9.13 Å². The van der Waals surface area contributed by atoms with Crippen molar-refractivity contribution in [2.45, 2.75) is 0 Å². The van der Waals surface area contributed by atoms with Crippen LogP contribution >= 0.6 is 0 Å². The zero-order chi connectivity index (χ0) is 38.6. The molecule has 274 valence electrons. The van der Waals surface area contributed by atoms with Gasteiger partial charge in [0.05, 0.1) is 44.3 Å². The van der Waals surface area contributed by atoms with Crippen LogP contribution in [-0.4, -0.2) is 23.7 Å². The van der Waals surface area contributed by atoms with Gasteiger partial charge in [0.1, 0.15) is 0 Å². The van der Waals surface area contributed by atoms with Crippen LogP contribution in [0.25, 0.3) is 116 Å². The second-order valence-corrected chi connectivity index (χ2v) is 15.4. The highest BCUT2D eigenvalue weighted by Gasteiger charge is 2.21. The molecule has 4 heterocycles. The van der Waals surface area contributed by atoms with E-state index in [1.807, 2.05) is 0 Å². The molecule has 13 aromatic rings. The minimum absolute atomic E-state index is 0.639. The molecular formula is C54H33N5. The molecule has 5 nitrogen and oxygen atoms in total. The Balaban J connectivity index is 1.10. The van der Waals surface area contributed by atoms with Crippen LogP contribution in [0.5, 0.6) is 0 Å². The molecule has 0 amide bonds. The van der Waals surface area contributed by atoms with Crippen LogP contribution in [0.15, 0.2) is 200 Å². The highest BCUT2D eigenvalue weighted by atomic mass is 15.2. The van der Waals surface area contributed by atoms with Gasteiger partial charge in [-0.2, -0.15) is 0 Å². The van der Waals surface area contributed by atoms with Crippen molar-refractivity contribution in [1.29, 1.82) is 0 Å². The Labute approximate surface area is 338 Å². The number of hydrogen-bond donors (Lipinski definition) is 0. The fourth-order valence-corrected chi connectivity index (χ4v) is 9.69. The van der Waals surface area contributed by atoms with Crippen LogP contribution in [0.2, 0.25) is 0 Å². The second kappa shape index (κ2) is 12.2. The molecule has 9 aromatic carbocycles. The van der Waals surface area contributed by atoms with E-state index in [9.17, 15) is 0 Å². The first-order valence-electron chi connectivity index (χ1n) is 20.1. The Kier molecular flexibility index (Phi) is 6.66. The first-order valence-corrected chi connectivity index (χ1v) is 20.1. The molecule has 0 N–H and O–H groups in total. The summed E-state index contributed by atoms with van der Waals surface area (Å²) in [7, 11) is 0. The van der Waals surface area contributed by atoms with E-state index in [0.29, 0.717) is 5.95 Å². The lowest BCUT2D eigenvalue weighted by molar-refractivity contribution is 1.01. The van der Waals surface area contributed by atoms with Crippen LogP contribution in [0.1, 0.15) is 0 Å². The SMILES string of the molecule is c1ccc(-n2c3ccccc3c3cc(-c4nc(-n5c6cc(-n7c8ccccc8c8ccccc87)ccc6c6c7ccccc7ccc65)nc5ccccc45)ccc32)cc1. The van der Waals surface area contributed by atoms with Crippen LogP contribution in [0, 0.1) is 0 Å². The summed E-state index contributed by atoms with van der Waals surface area (Å²) >= 11 is 0. The molecule has 0 aliphatic heterocycles. The van der Waals surface area contributed by atoms with Crippen LogP contribution in [0.4, 0.5) is 0 Å². The standard InChI is InChI=1S/C54H33N5/c1-2-15-36(16-3-1)57-48-25-13-9-20-41(48)44-32-35(27-30-49(44)57)53-42-21-6-10-22-45(42)55-54(56-53)59-50-31-26-34-14-4-5-17-38(34)52(50)43-29-28-37(33-51(43)59)58-46-23-11-7-18-39(46)40-19-8-12-24-47(40)58/h1-33H. The maximum atomic E-state index is 5.58. The van der Waals surface area contributed by atoms with Crippen molar-refractivity contribution in [3.05, 3.63) is 200 Å². The van der Waals surface area contributed by atoms with Crippen LogP contribution in [-0.2, 0) is 0 Å². The first kappa shape index (κ1) is 32.1. The molecule has 13 rings (SSSR count). The third-order valence-corrected chi connectivity index (χ3v) is 12.2. The van der Waals surface area contributed by atoms with Crippen molar-refractivity contribution in [3.63, 3.8) is 0 Å². The monoisotopic (exact) mass is 751 g/mol. The number of hydrogen-bond acceptors (Lipinski definition) is 2. The number of rotatable bonds is 4. The molecule has 0 unspecified atom stereocenters. The van der Waals surface area contributed by atoms with Crippen molar-refractivity contribution < 1.29 is 0 Å². The molecule has 59 heavy (non-hydrogen) atoms. The van der Waals surface area contributed by atoms with Crippen LogP contribution < -0.4 is 0 Å². The molecule has 0 saturated heterocycles. The minimum atomic E-state index is 0.639. The summed E-state index contributed by atoms with van der Waals surface area (Å²) in [5.74, 6) is 0.639. The average Bonchev–Trinajstić information content (AvgIpc) is 3.94. The highest BCUT2D eigenvalue weighted by Crippen LogP contribution is 2.41. The predicted molar refractivity (Wildman–Crippen MR) is 245 cm³/mol. The zero-order valence-electron chi connectivity index (χ0n) is 31.8. The van der Waals surface area contributed by atoms with Gasteiger partial charge in [-0.15, -0.1) is 0 Å². The molecule has 0 aliphatic carbocycles. The third-order valence-electron chi connectivity index (χ3n) is 12.2. The van der Waals surface area contributed by atoms with Gasteiger partial charge in [0.25, 0.3) is 0 Å². The summed E-state index contributed by atoms with van der Waals surface area (Å²) in [5.41, 5.74) is 11.9.